The van der Waals surface area contributed by atoms with Crippen LogP contribution < -0.4 is 0 Å². The maximum absolute atomic E-state index is 4.78. The van der Waals surface area contributed by atoms with Crippen LogP contribution in [0, 0.1) is 0 Å². The van der Waals surface area contributed by atoms with Crippen molar-refractivity contribution >= 4 is 62.3 Å². The number of halogens is 1. The standard InChI is InChI=1S/C26H17BrN4/c27-17-3-1-16(2-4-17)25-14-24-13-22-8-7-20(29-22)11-18-5-6-19(28-18)12-21-9-10-23(30-21)15-26(25)31-24/h1-15,28,31H. The number of hydrogen-bond donors (Lipinski definition) is 2. The van der Waals surface area contributed by atoms with E-state index in [1.54, 1.807) is 0 Å². The molecular formula is C26H17BrN4. The number of nitrogens with zero attached hydrogens (tertiary/aromatic N) is 2. The van der Waals surface area contributed by atoms with E-state index >= 15 is 0 Å². The van der Waals surface area contributed by atoms with E-state index in [4.69, 9.17) is 9.97 Å². The van der Waals surface area contributed by atoms with Crippen LogP contribution >= 0.6 is 15.9 Å². The second-order valence-corrected chi connectivity index (χ2v) is 8.51. The van der Waals surface area contributed by atoms with Crippen molar-refractivity contribution in [2.75, 3.05) is 0 Å². The van der Waals surface area contributed by atoms with Crippen LogP contribution in [0.5, 0.6) is 0 Å². The smallest absolute Gasteiger partial charge is 0.0658 e. The lowest BCUT2D eigenvalue weighted by Gasteiger charge is -1.99. The number of nitrogens with one attached hydrogen (secondary N) is 2. The third kappa shape index (κ3) is 3.64. The van der Waals surface area contributed by atoms with E-state index in [0.29, 0.717) is 0 Å². The molecule has 0 amide bonds. The minimum atomic E-state index is 0.914. The Balaban J connectivity index is 1.67. The molecule has 8 bridgehead atoms. The summed E-state index contributed by atoms with van der Waals surface area (Å²) in [5.41, 5.74) is 9.99. The highest BCUT2D eigenvalue weighted by molar-refractivity contribution is 9.10. The Bertz CT molecular complexity index is 1540. The van der Waals surface area contributed by atoms with Gasteiger partial charge in [0.05, 0.1) is 22.8 Å². The zero-order chi connectivity index (χ0) is 20.8. The highest BCUT2D eigenvalue weighted by atomic mass is 79.9. The second kappa shape index (κ2) is 7.22. The van der Waals surface area contributed by atoms with Crippen LogP contribution in [0.25, 0.3) is 57.5 Å². The summed E-state index contributed by atoms with van der Waals surface area (Å²) in [6, 6.07) is 22.9. The number of rotatable bonds is 1. The number of aromatic amines is 2. The lowest BCUT2D eigenvalue weighted by molar-refractivity contribution is 1.31. The van der Waals surface area contributed by atoms with Crippen molar-refractivity contribution in [3.63, 3.8) is 0 Å². The highest BCUT2D eigenvalue weighted by Gasteiger charge is 2.07. The van der Waals surface area contributed by atoms with Crippen LogP contribution in [-0.2, 0) is 0 Å². The first-order valence-electron chi connectivity index (χ1n) is 10.0. The molecule has 0 fully saturated rings. The van der Waals surface area contributed by atoms with Crippen LogP contribution in [-0.4, -0.2) is 19.9 Å². The van der Waals surface area contributed by atoms with Crippen molar-refractivity contribution in [1.82, 2.24) is 19.9 Å². The largest absolute Gasteiger partial charge is 0.355 e. The minimum absolute atomic E-state index is 0.914. The minimum Gasteiger partial charge on any atom is -0.355 e. The first-order chi connectivity index (χ1) is 15.2. The van der Waals surface area contributed by atoms with Crippen LogP contribution in [0.4, 0.5) is 0 Å². The zero-order valence-electron chi connectivity index (χ0n) is 16.4. The van der Waals surface area contributed by atoms with Crippen LogP contribution in [0.15, 0.2) is 71.2 Å². The molecular weight excluding hydrogens is 448 g/mol. The summed E-state index contributed by atoms with van der Waals surface area (Å²) in [6.07, 6.45) is 8.15. The molecule has 5 heteroatoms. The van der Waals surface area contributed by atoms with Gasteiger partial charge in [0, 0.05) is 32.1 Å². The van der Waals surface area contributed by atoms with Crippen molar-refractivity contribution in [3.8, 4) is 11.1 Å². The Labute approximate surface area is 187 Å². The van der Waals surface area contributed by atoms with Gasteiger partial charge >= 0.3 is 0 Å². The van der Waals surface area contributed by atoms with Gasteiger partial charge in [-0.25, -0.2) is 9.97 Å². The Morgan fingerprint density at radius 1 is 0.548 bits per heavy atom. The van der Waals surface area contributed by atoms with Crippen LogP contribution in [0.1, 0.15) is 22.8 Å². The van der Waals surface area contributed by atoms with Crippen molar-refractivity contribution in [3.05, 3.63) is 94.0 Å². The molecule has 2 aliphatic rings. The number of aromatic nitrogens is 4. The Kier molecular flexibility index (Phi) is 4.21. The molecule has 3 aromatic heterocycles. The molecule has 5 heterocycles. The predicted octanol–water partition coefficient (Wildman–Crippen LogP) is 7.09. The summed E-state index contributed by atoms with van der Waals surface area (Å²) in [6.45, 7) is 0. The van der Waals surface area contributed by atoms with Crippen molar-refractivity contribution in [2.24, 2.45) is 0 Å². The lowest BCUT2D eigenvalue weighted by atomic mass is 10.1. The van der Waals surface area contributed by atoms with Gasteiger partial charge in [-0.15, -0.1) is 0 Å². The Morgan fingerprint density at radius 2 is 1.10 bits per heavy atom. The van der Waals surface area contributed by atoms with E-state index in [2.05, 4.69) is 80.5 Å². The quantitative estimate of drug-likeness (QED) is 0.273. The summed E-state index contributed by atoms with van der Waals surface area (Å²) in [5, 5.41) is 0. The molecule has 0 radical (unpaired) electrons. The third-order valence-electron chi connectivity index (χ3n) is 5.32. The van der Waals surface area contributed by atoms with Crippen molar-refractivity contribution in [2.45, 2.75) is 0 Å². The van der Waals surface area contributed by atoms with Crippen molar-refractivity contribution < 1.29 is 0 Å². The normalized spacial score (nSPS) is 12.4. The molecule has 0 saturated heterocycles. The van der Waals surface area contributed by atoms with E-state index in [9.17, 15) is 0 Å². The van der Waals surface area contributed by atoms with E-state index in [0.717, 1.165) is 60.4 Å². The number of benzene rings is 1. The average Bonchev–Trinajstić information content (AvgIpc) is 3.54. The van der Waals surface area contributed by atoms with Crippen LogP contribution in [0.2, 0.25) is 0 Å². The van der Waals surface area contributed by atoms with Gasteiger partial charge in [-0.1, -0.05) is 28.1 Å². The zero-order valence-corrected chi connectivity index (χ0v) is 18.0. The van der Waals surface area contributed by atoms with Gasteiger partial charge in [-0.2, -0.15) is 0 Å². The molecule has 6 rings (SSSR count). The Morgan fingerprint density at radius 3 is 1.71 bits per heavy atom. The first kappa shape index (κ1) is 18.1. The summed E-state index contributed by atoms with van der Waals surface area (Å²) >= 11 is 3.53. The fourth-order valence-electron chi connectivity index (χ4n) is 3.89. The Hall–Kier alpha value is -3.70. The molecule has 4 aromatic rings. The maximum Gasteiger partial charge on any atom is 0.0658 e. The first-order valence-corrected chi connectivity index (χ1v) is 10.8. The summed E-state index contributed by atoms with van der Waals surface area (Å²) in [5.74, 6) is 0. The van der Waals surface area contributed by atoms with Gasteiger partial charge in [0.1, 0.15) is 0 Å². The van der Waals surface area contributed by atoms with Gasteiger partial charge in [0.2, 0.25) is 0 Å². The van der Waals surface area contributed by atoms with E-state index in [1.807, 2.05) is 36.4 Å². The van der Waals surface area contributed by atoms with E-state index in [1.165, 1.54) is 0 Å². The summed E-state index contributed by atoms with van der Waals surface area (Å²) in [4.78, 5) is 16.5. The fourth-order valence-corrected chi connectivity index (χ4v) is 4.15. The van der Waals surface area contributed by atoms with Crippen molar-refractivity contribution in [1.29, 1.82) is 0 Å². The van der Waals surface area contributed by atoms with Crippen LogP contribution in [0.3, 0.4) is 0 Å². The van der Waals surface area contributed by atoms with Gasteiger partial charge in [-0.3, -0.25) is 0 Å². The molecule has 0 saturated carbocycles. The molecule has 148 valence electrons. The molecule has 1 aromatic carbocycles. The maximum atomic E-state index is 4.78. The van der Waals surface area contributed by atoms with E-state index in [-0.39, 0.29) is 0 Å². The molecule has 31 heavy (non-hydrogen) atoms. The van der Waals surface area contributed by atoms with Gasteiger partial charge in [0.15, 0.2) is 0 Å². The number of fused-ring (bicyclic) bond motifs is 8. The third-order valence-corrected chi connectivity index (χ3v) is 5.85. The topological polar surface area (TPSA) is 57.4 Å². The van der Waals surface area contributed by atoms with Gasteiger partial charge in [0.25, 0.3) is 0 Å². The SMILES string of the molecule is Brc1ccc(-c2cc3cc4nc(cc5ccc(cc6nc(cc2[nH]3)C=C6)[nH]5)C=C4)cc1. The molecule has 0 aliphatic carbocycles. The lowest BCUT2D eigenvalue weighted by Crippen LogP contribution is -1.77. The summed E-state index contributed by atoms with van der Waals surface area (Å²) < 4.78 is 1.06. The van der Waals surface area contributed by atoms with Gasteiger partial charge < -0.3 is 9.97 Å². The molecule has 0 spiro atoms. The second-order valence-electron chi connectivity index (χ2n) is 7.60. The van der Waals surface area contributed by atoms with Gasteiger partial charge in [-0.05, 0) is 84.5 Å². The molecule has 2 N–H and O–H groups in total. The van der Waals surface area contributed by atoms with E-state index < -0.39 is 0 Å². The average molecular weight is 465 g/mol. The molecule has 4 nitrogen and oxygen atoms in total. The highest BCUT2D eigenvalue weighted by Crippen LogP contribution is 2.28. The fraction of sp³-hybridized carbons (Fsp3) is 0. The number of H-pyrrole nitrogens is 2. The number of hydrogen-bond acceptors (Lipinski definition) is 2. The molecule has 0 unspecified atom stereocenters. The monoisotopic (exact) mass is 464 g/mol. The molecule has 0 atom stereocenters. The molecule has 2 aliphatic heterocycles. The predicted molar refractivity (Wildman–Crippen MR) is 132 cm³/mol. The summed E-state index contributed by atoms with van der Waals surface area (Å²) in [7, 11) is 0.